The highest BCUT2D eigenvalue weighted by Gasteiger charge is 2.47. The molecular weight excluding hydrogens is 1210 g/mol. The number of aryl methyl sites for hydroxylation is 3. The molecule has 5 aliphatic heterocycles. The third-order valence-electron chi connectivity index (χ3n) is 16.6. The summed E-state index contributed by atoms with van der Waals surface area (Å²) in [5.41, 5.74) is 35.9. The van der Waals surface area contributed by atoms with E-state index in [1.807, 2.05) is 106 Å². The second-order valence-corrected chi connectivity index (χ2v) is 25.1. The van der Waals surface area contributed by atoms with Gasteiger partial charge in [-0.3, -0.25) is 44.4 Å². The summed E-state index contributed by atoms with van der Waals surface area (Å²) in [6, 6.07) is 18.8. The monoisotopic (exact) mass is 1300 g/mol. The molecule has 10 N–H and O–H groups in total. The molecule has 5 aliphatic rings. The maximum atomic E-state index is 13.2. The number of rotatable bonds is 15. The van der Waals surface area contributed by atoms with E-state index in [1.54, 1.807) is 51.8 Å². The molecule has 91 heavy (non-hydrogen) atoms. The summed E-state index contributed by atoms with van der Waals surface area (Å²) < 4.78 is 110. The van der Waals surface area contributed by atoms with E-state index in [9.17, 15) is 39.9 Å². The lowest BCUT2D eigenvalue weighted by Crippen LogP contribution is -2.58. The number of nitrogens with two attached hydrogens (primary N) is 5. The van der Waals surface area contributed by atoms with Crippen LogP contribution in [0.5, 0.6) is 0 Å². The molecule has 5 aromatic rings. The van der Waals surface area contributed by atoms with E-state index < -0.39 is 29.3 Å². The largest absolute Gasteiger partial charge is 0.444 e. The first kappa shape index (κ1) is 74.4. The van der Waals surface area contributed by atoms with Crippen LogP contribution in [-0.2, 0) is 4.74 Å². The third-order valence-corrected chi connectivity index (χ3v) is 16.9. The number of pyridine rings is 5. The van der Waals surface area contributed by atoms with Gasteiger partial charge in [0.2, 0.25) is 0 Å². The molecule has 10 heterocycles. The van der Waals surface area contributed by atoms with Gasteiger partial charge in [0.1, 0.15) is 10.8 Å². The van der Waals surface area contributed by atoms with Crippen LogP contribution in [0.4, 0.5) is 39.9 Å². The summed E-state index contributed by atoms with van der Waals surface area (Å²) >= 11 is 6.03. The average molecular weight is 1310 g/mol. The number of nitrogens with zero attached hydrogens (tertiary/aromatic N) is 11. The highest BCUT2D eigenvalue weighted by molar-refractivity contribution is 6.30. The van der Waals surface area contributed by atoms with Crippen molar-refractivity contribution in [2.45, 2.75) is 133 Å². The predicted octanol–water partition coefficient (Wildman–Crippen LogP) is 9.29. The first-order valence-electron chi connectivity index (χ1n) is 31.0. The number of piperidine rings is 2. The summed E-state index contributed by atoms with van der Waals surface area (Å²) in [4.78, 5) is 44.4. The van der Waals surface area contributed by atoms with Gasteiger partial charge in [-0.2, -0.15) is 0 Å². The molecule has 0 saturated carbocycles. The Bertz CT molecular complexity index is 2920. The number of hydrogen-bond donors (Lipinski definition) is 5. The molecule has 0 radical (unpaired) electrons. The van der Waals surface area contributed by atoms with Gasteiger partial charge in [0.15, 0.2) is 0 Å². The smallest absolute Gasteiger partial charge is 0.410 e. The Morgan fingerprint density at radius 1 is 0.473 bits per heavy atom. The highest BCUT2D eigenvalue weighted by Crippen LogP contribution is 2.37. The molecule has 0 aliphatic carbocycles. The summed E-state index contributed by atoms with van der Waals surface area (Å²) in [6.45, 7) is 17.5. The van der Waals surface area contributed by atoms with E-state index in [-0.39, 0.29) is 88.0 Å². The average Bonchev–Trinajstić information content (AvgIpc) is 1.41. The molecule has 5 fully saturated rings. The SMILES string of the molecule is Cc1ccc(C(CN)N2CC(F)(F)C2)cn1.Cc1ccc(C(CN)N2CCC(F)(F)C2)cn1.Cc1ccc(C(CN)N2CCN(C(=O)OC(C)(C)C)CC2)cn1.NCC(c1cccnc1)N1CCC(F)(F)CC1.NCC(c1cccnc1Cl)N1CCC(F)(F)CC1. The minimum absolute atomic E-state index is 0.000185. The molecule has 1 amide bonds. The van der Waals surface area contributed by atoms with Gasteiger partial charge in [0, 0.05) is 208 Å². The van der Waals surface area contributed by atoms with Crippen LogP contribution >= 0.6 is 11.6 Å². The molecule has 504 valence electrons. The van der Waals surface area contributed by atoms with Crippen LogP contribution in [0.1, 0.15) is 128 Å². The van der Waals surface area contributed by atoms with Crippen molar-refractivity contribution in [1.29, 1.82) is 0 Å². The van der Waals surface area contributed by atoms with E-state index in [0.29, 0.717) is 83.7 Å². The van der Waals surface area contributed by atoms with Crippen LogP contribution < -0.4 is 28.7 Å². The summed E-state index contributed by atoms with van der Waals surface area (Å²) in [5, 5.41) is 0.394. The van der Waals surface area contributed by atoms with E-state index in [2.05, 4.69) is 35.9 Å². The first-order chi connectivity index (χ1) is 43.0. The lowest BCUT2D eigenvalue weighted by molar-refractivity contribution is -0.145. The number of amides is 1. The molecule has 27 heteroatoms. The Balaban J connectivity index is 0.000000182. The highest BCUT2D eigenvalue weighted by atomic mass is 35.5. The Kier molecular flexibility index (Phi) is 27.8. The van der Waals surface area contributed by atoms with Crippen molar-refractivity contribution >= 4 is 17.7 Å². The van der Waals surface area contributed by atoms with Crippen molar-refractivity contribution in [3.63, 3.8) is 0 Å². The van der Waals surface area contributed by atoms with Crippen molar-refractivity contribution in [2.24, 2.45) is 28.7 Å². The summed E-state index contributed by atoms with van der Waals surface area (Å²) in [5.74, 6) is -10.2. The van der Waals surface area contributed by atoms with Crippen LogP contribution in [0.25, 0.3) is 0 Å². The van der Waals surface area contributed by atoms with Gasteiger partial charge in [0.05, 0.1) is 25.7 Å². The fraction of sp³-hybridized carbons (Fsp3) is 0.594. The summed E-state index contributed by atoms with van der Waals surface area (Å²) in [6.07, 6.45) is 9.66. The number of aromatic nitrogens is 5. The molecule has 5 atom stereocenters. The van der Waals surface area contributed by atoms with Crippen LogP contribution in [0.2, 0.25) is 5.15 Å². The maximum absolute atomic E-state index is 13.2. The fourth-order valence-electron chi connectivity index (χ4n) is 11.4. The van der Waals surface area contributed by atoms with Gasteiger partial charge >= 0.3 is 6.09 Å². The lowest BCUT2D eigenvalue weighted by Gasteiger charge is -2.43. The minimum atomic E-state index is -2.58. The van der Waals surface area contributed by atoms with E-state index in [1.165, 1.54) is 0 Å². The minimum Gasteiger partial charge on any atom is -0.444 e. The Morgan fingerprint density at radius 2 is 0.846 bits per heavy atom. The topological polar surface area (TPSA) is 240 Å². The van der Waals surface area contributed by atoms with Crippen LogP contribution in [0, 0.1) is 20.8 Å². The lowest BCUT2D eigenvalue weighted by atomic mass is 10.0. The van der Waals surface area contributed by atoms with Crippen molar-refractivity contribution in [3.8, 4) is 0 Å². The number of hydrogen-bond acceptors (Lipinski definition) is 17. The molecule has 5 unspecified atom stereocenters. The number of alkyl halides is 8. The van der Waals surface area contributed by atoms with Crippen molar-refractivity contribution < 1.29 is 44.7 Å². The zero-order valence-corrected chi connectivity index (χ0v) is 54.0. The Morgan fingerprint density at radius 3 is 1.21 bits per heavy atom. The van der Waals surface area contributed by atoms with Crippen molar-refractivity contribution in [3.05, 3.63) is 148 Å². The number of likely N-dealkylation sites (tertiary alicyclic amines) is 4. The van der Waals surface area contributed by atoms with Gasteiger partial charge in [-0.05, 0) is 94.1 Å². The molecular formula is C64H93ClF8N16O2. The molecule has 0 bridgehead atoms. The first-order valence-corrected chi connectivity index (χ1v) is 31.3. The second kappa shape index (κ2) is 34.0. The maximum Gasteiger partial charge on any atom is 0.410 e. The predicted molar refractivity (Wildman–Crippen MR) is 338 cm³/mol. The zero-order chi connectivity index (χ0) is 66.7. The third kappa shape index (κ3) is 23.1. The summed E-state index contributed by atoms with van der Waals surface area (Å²) in [7, 11) is 0. The molecule has 10 rings (SSSR count). The van der Waals surface area contributed by atoms with Gasteiger partial charge in [-0.25, -0.2) is 44.9 Å². The van der Waals surface area contributed by atoms with Crippen molar-refractivity contribution in [1.82, 2.24) is 54.3 Å². The fourth-order valence-corrected chi connectivity index (χ4v) is 11.6. The molecule has 5 aromatic heterocycles. The normalized spacial score (nSPS) is 20.8. The quantitative estimate of drug-likeness (QED) is 0.0484. The van der Waals surface area contributed by atoms with E-state index in [4.69, 9.17) is 45.0 Å². The van der Waals surface area contributed by atoms with E-state index >= 15 is 0 Å². The standard InChI is InChI=1S/C17H28N4O2.C12H16ClF2N3.2C12H17F2N3.C11H15F2N3/c1-13-5-6-14(12-19-13)15(11-18)20-7-9-21(10-8-20)16(22)23-17(2,3)4;13-11-9(2-1-5-17-11)10(8-16)18-6-3-12(14,15)4-7-18;1-9-2-3-10(7-16-9)11(6-15)17-5-4-12(13,14)8-17;13-12(14)3-6-17(7-4-12)11(8-15)10-2-1-5-16-9-10;1-8-2-3-9(5-15-8)10(4-14)16-6-11(12,13)7-16/h5-6,12,15H,7-11,18H2,1-4H3;1-2,5,10H,3-4,6-8,16H2;2-3,7,11H,4-6,8,15H2,1H3;1-2,5,9,11H,3-4,6-8,15H2;2-3,5,10H,4,6-7,14H2,1H3. The number of carbonyl (C=O) groups excluding carboxylic acids is 1. The van der Waals surface area contributed by atoms with Crippen LogP contribution in [0.3, 0.4) is 0 Å². The Hall–Kier alpha value is -5.65. The van der Waals surface area contributed by atoms with Gasteiger partial charge in [-0.15, -0.1) is 0 Å². The second-order valence-electron chi connectivity index (χ2n) is 24.8. The zero-order valence-electron chi connectivity index (χ0n) is 53.2. The number of halogens is 9. The number of ether oxygens (including phenoxy) is 1. The van der Waals surface area contributed by atoms with Crippen LogP contribution in [0.15, 0.2) is 97.8 Å². The number of piperazine rings is 1. The molecule has 18 nitrogen and oxygen atoms in total. The van der Waals surface area contributed by atoms with Crippen LogP contribution in [-0.4, -0.2) is 201 Å². The van der Waals surface area contributed by atoms with Crippen molar-refractivity contribution in [2.75, 3.05) is 111 Å². The molecule has 5 saturated heterocycles. The number of carbonyl (C=O) groups is 1. The van der Waals surface area contributed by atoms with Gasteiger partial charge in [-0.1, -0.05) is 41.9 Å². The van der Waals surface area contributed by atoms with E-state index in [0.717, 1.165) is 58.0 Å². The Labute approximate surface area is 535 Å². The molecule has 0 aromatic carbocycles. The van der Waals surface area contributed by atoms with Gasteiger partial charge < -0.3 is 38.3 Å². The van der Waals surface area contributed by atoms with Gasteiger partial charge in [0.25, 0.3) is 23.7 Å². The molecule has 0 spiro atoms.